The second-order valence-electron chi connectivity index (χ2n) is 3.12. The molecule has 3 nitrogen and oxygen atoms in total. The molecule has 0 fully saturated rings. The van der Waals surface area contributed by atoms with Crippen LogP contribution in [0.3, 0.4) is 0 Å². The Hall–Kier alpha value is -1.48. The summed E-state index contributed by atoms with van der Waals surface area (Å²) in [7, 11) is 1.54. The summed E-state index contributed by atoms with van der Waals surface area (Å²) in [6.07, 6.45) is 2.56. The SMILES string of the molecule is C=CCc1ccc(OCC(=O)Cl)c(OC)c1. The number of allylic oxidation sites excluding steroid dienone is 1. The minimum atomic E-state index is -0.544. The van der Waals surface area contributed by atoms with Gasteiger partial charge in [-0.2, -0.15) is 0 Å². The van der Waals surface area contributed by atoms with Gasteiger partial charge in [0.2, 0.25) is 0 Å². The van der Waals surface area contributed by atoms with E-state index in [0.29, 0.717) is 11.5 Å². The van der Waals surface area contributed by atoms with Gasteiger partial charge in [0.1, 0.15) is 0 Å². The predicted molar refractivity (Wildman–Crippen MR) is 63.3 cm³/mol. The summed E-state index contributed by atoms with van der Waals surface area (Å²) < 4.78 is 10.3. The quantitative estimate of drug-likeness (QED) is 0.566. The van der Waals surface area contributed by atoms with E-state index in [1.807, 2.05) is 12.1 Å². The summed E-state index contributed by atoms with van der Waals surface area (Å²) >= 11 is 5.19. The van der Waals surface area contributed by atoms with E-state index in [-0.39, 0.29) is 6.61 Å². The maximum Gasteiger partial charge on any atom is 0.259 e. The maximum absolute atomic E-state index is 10.6. The normalized spacial score (nSPS) is 9.62. The topological polar surface area (TPSA) is 35.5 Å². The van der Waals surface area contributed by atoms with E-state index >= 15 is 0 Å². The van der Waals surface area contributed by atoms with Crippen LogP contribution < -0.4 is 9.47 Å². The second-order valence-corrected chi connectivity index (χ2v) is 3.54. The van der Waals surface area contributed by atoms with Gasteiger partial charge in [0, 0.05) is 0 Å². The number of ether oxygens (including phenoxy) is 2. The van der Waals surface area contributed by atoms with Gasteiger partial charge in [-0.1, -0.05) is 12.1 Å². The molecule has 0 saturated carbocycles. The van der Waals surface area contributed by atoms with Crippen LogP contribution in [0, 0.1) is 0 Å². The predicted octanol–water partition coefficient (Wildman–Crippen LogP) is 2.57. The van der Waals surface area contributed by atoms with Crippen molar-refractivity contribution >= 4 is 16.8 Å². The number of methoxy groups -OCH3 is 1. The molecule has 16 heavy (non-hydrogen) atoms. The van der Waals surface area contributed by atoms with Crippen molar-refractivity contribution < 1.29 is 14.3 Å². The maximum atomic E-state index is 10.6. The molecule has 0 aliphatic heterocycles. The Bertz CT molecular complexity index is 388. The van der Waals surface area contributed by atoms with E-state index in [2.05, 4.69) is 6.58 Å². The van der Waals surface area contributed by atoms with Gasteiger partial charge in [0.15, 0.2) is 18.1 Å². The Balaban J connectivity index is 2.83. The minimum Gasteiger partial charge on any atom is -0.493 e. The molecule has 4 heteroatoms. The standard InChI is InChI=1S/C12H13ClO3/c1-3-4-9-5-6-10(11(7-9)15-2)16-8-12(13)14/h3,5-7H,1,4,8H2,2H3. The van der Waals surface area contributed by atoms with Gasteiger partial charge in [0.05, 0.1) is 7.11 Å². The van der Waals surface area contributed by atoms with Crippen LogP contribution in [0.25, 0.3) is 0 Å². The molecule has 0 heterocycles. The summed E-state index contributed by atoms with van der Waals surface area (Å²) in [5.41, 5.74) is 1.07. The number of hydrogen-bond donors (Lipinski definition) is 0. The van der Waals surface area contributed by atoms with Gasteiger partial charge >= 0.3 is 0 Å². The van der Waals surface area contributed by atoms with Crippen LogP contribution in [0.1, 0.15) is 5.56 Å². The molecule has 1 rings (SSSR count). The first-order valence-corrected chi connectivity index (χ1v) is 5.14. The van der Waals surface area contributed by atoms with Crippen molar-refractivity contribution in [3.05, 3.63) is 36.4 Å². The van der Waals surface area contributed by atoms with Gasteiger partial charge in [0.25, 0.3) is 5.24 Å². The van der Waals surface area contributed by atoms with Gasteiger partial charge in [-0.3, -0.25) is 4.79 Å². The lowest BCUT2D eigenvalue weighted by Crippen LogP contribution is -2.05. The van der Waals surface area contributed by atoms with Crippen LogP contribution in [0.4, 0.5) is 0 Å². The van der Waals surface area contributed by atoms with Crippen LogP contribution in [0.2, 0.25) is 0 Å². The summed E-state index contributed by atoms with van der Waals surface area (Å²) in [6.45, 7) is 3.49. The summed E-state index contributed by atoms with van der Waals surface area (Å²) in [4.78, 5) is 10.6. The van der Waals surface area contributed by atoms with Crippen molar-refractivity contribution in [3.8, 4) is 11.5 Å². The van der Waals surface area contributed by atoms with Crippen LogP contribution in [0.15, 0.2) is 30.9 Å². The number of carbonyl (C=O) groups is 1. The molecule has 1 aromatic carbocycles. The van der Waals surface area contributed by atoms with Crippen molar-refractivity contribution in [1.29, 1.82) is 0 Å². The molecule has 0 spiro atoms. The van der Waals surface area contributed by atoms with Crippen molar-refractivity contribution in [2.75, 3.05) is 13.7 Å². The first-order chi connectivity index (χ1) is 7.67. The molecule has 0 amide bonds. The lowest BCUT2D eigenvalue weighted by atomic mass is 10.1. The molecule has 0 aliphatic rings. The molecule has 0 atom stereocenters. The summed E-state index contributed by atoms with van der Waals surface area (Å²) in [5.74, 6) is 1.08. The third-order valence-corrected chi connectivity index (χ3v) is 2.06. The van der Waals surface area contributed by atoms with Gasteiger partial charge in [-0.15, -0.1) is 6.58 Å². The largest absolute Gasteiger partial charge is 0.493 e. The highest BCUT2D eigenvalue weighted by atomic mass is 35.5. The van der Waals surface area contributed by atoms with Crippen LogP contribution in [-0.4, -0.2) is 19.0 Å². The molecule has 0 aliphatic carbocycles. The number of hydrogen-bond acceptors (Lipinski definition) is 3. The fraction of sp³-hybridized carbons (Fsp3) is 0.250. The lowest BCUT2D eigenvalue weighted by molar-refractivity contribution is -0.113. The molecule has 0 N–H and O–H groups in total. The molecule has 0 radical (unpaired) electrons. The third kappa shape index (κ3) is 3.59. The van der Waals surface area contributed by atoms with Crippen LogP contribution in [-0.2, 0) is 11.2 Å². The Morgan fingerprint density at radius 3 is 2.81 bits per heavy atom. The molecule has 0 saturated heterocycles. The highest BCUT2D eigenvalue weighted by Gasteiger charge is 2.06. The molecule has 0 bridgehead atoms. The number of halogens is 1. The Labute approximate surface area is 99.6 Å². The molecular formula is C12H13ClO3. The number of carbonyl (C=O) groups excluding carboxylic acids is 1. The van der Waals surface area contributed by atoms with Crippen LogP contribution in [0.5, 0.6) is 11.5 Å². The van der Waals surface area contributed by atoms with Crippen molar-refractivity contribution in [2.24, 2.45) is 0 Å². The minimum absolute atomic E-state index is 0.168. The van der Waals surface area contributed by atoms with Crippen molar-refractivity contribution in [2.45, 2.75) is 6.42 Å². The highest BCUT2D eigenvalue weighted by molar-refractivity contribution is 6.63. The first-order valence-electron chi connectivity index (χ1n) is 4.76. The van der Waals surface area contributed by atoms with Crippen molar-refractivity contribution in [1.82, 2.24) is 0 Å². The van der Waals surface area contributed by atoms with E-state index < -0.39 is 5.24 Å². The average Bonchev–Trinajstić information content (AvgIpc) is 2.27. The van der Waals surface area contributed by atoms with Crippen molar-refractivity contribution in [3.63, 3.8) is 0 Å². The molecule has 0 unspecified atom stereocenters. The molecule has 1 aromatic rings. The fourth-order valence-corrected chi connectivity index (χ4v) is 1.31. The van der Waals surface area contributed by atoms with E-state index in [1.165, 1.54) is 0 Å². The fourth-order valence-electron chi connectivity index (χ4n) is 1.26. The summed E-state index contributed by atoms with van der Waals surface area (Å²) in [6, 6.07) is 5.48. The monoisotopic (exact) mass is 240 g/mol. The van der Waals surface area contributed by atoms with E-state index in [4.69, 9.17) is 21.1 Å². The Morgan fingerprint density at radius 1 is 1.50 bits per heavy atom. The zero-order valence-corrected chi connectivity index (χ0v) is 9.79. The number of benzene rings is 1. The van der Waals surface area contributed by atoms with Gasteiger partial charge in [-0.25, -0.2) is 0 Å². The molecule has 86 valence electrons. The lowest BCUT2D eigenvalue weighted by Gasteiger charge is -2.10. The van der Waals surface area contributed by atoms with Gasteiger partial charge in [-0.05, 0) is 35.7 Å². The molecule has 0 aromatic heterocycles. The summed E-state index contributed by atoms with van der Waals surface area (Å²) in [5, 5.41) is -0.544. The smallest absolute Gasteiger partial charge is 0.259 e. The van der Waals surface area contributed by atoms with E-state index in [0.717, 1.165) is 12.0 Å². The Kier molecular flexibility index (Phi) is 4.86. The van der Waals surface area contributed by atoms with Crippen LogP contribution >= 0.6 is 11.6 Å². The van der Waals surface area contributed by atoms with E-state index in [9.17, 15) is 4.79 Å². The average molecular weight is 241 g/mol. The molecular weight excluding hydrogens is 228 g/mol. The Morgan fingerprint density at radius 2 is 2.25 bits per heavy atom. The first kappa shape index (κ1) is 12.6. The second kappa shape index (κ2) is 6.18. The van der Waals surface area contributed by atoms with Gasteiger partial charge < -0.3 is 9.47 Å². The number of rotatable bonds is 6. The zero-order chi connectivity index (χ0) is 12.0. The highest BCUT2D eigenvalue weighted by Crippen LogP contribution is 2.28. The van der Waals surface area contributed by atoms with E-state index in [1.54, 1.807) is 19.3 Å². The third-order valence-electron chi connectivity index (χ3n) is 1.95. The zero-order valence-electron chi connectivity index (χ0n) is 9.03.